The van der Waals surface area contributed by atoms with E-state index in [-0.39, 0.29) is 25.7 Å². The van der Waals surface area contributed by atoms with Crippen LogP contribution in [0.25, 0.3) is 0 Å². The Morgan fingerprint density at radius 2 is 0.377 bits per heavy atom. The van der Waals surface area contributed by atoms with E-state index in [9.17, 15) is 43.2 Å². The van der Waals surface area contributed by atoms with Crippen LogP contribution in [0.2, 0.25) is 0 Å². The maximum atomic E-state index is 13.2. The lowest BCUT2D eigenvalue weighted by Crippen LogP contribution is -2.30. The highest BCUT2D eigenvalue weighted by Gasteiger charge is 2.30. The van der Waals surface area contributed by atoms with Gasteiger partial charge in [-0.3, -0.25) is 37.3 Å². The molecule has 630 valence electrons. The molecule has 0 spiro atoms. The molecule has 0 heterocycles. The van der Waals surface area contributed by atoms with Gasteiger partial charge in [-0.1, -0.05) is 426 Å². The Bertz CT molecular complexity index is 2000. The largest absolute Gasteiger partial charge is 0.472 e. The van der Waals surface area contributed by atoms with E-state index >= 15 is 0 Å². The Labute approximate surface area is 651 Å². The molecule has 0 fully saturated rings. The minimum Gasteiger partial charge on any atom is -0.462 e. The minimum atomic E-state index is -4.97. The Morgan fingerprint density at radius 3 is 0.557 bits per heavy atom. The first-order chi connectivity index (χ1) is 51.7. The number of hydrogen-bond donors (Lipinski definition) is 3. The molecular formula is C87H170O17P2. The fourth-order valence-electron chi connectivity index (χ4n) is 13.7. The summed E-state index contributed by atoms with van der Waals surface area (Å²) in [6, 6.07) is 0. The Hall–Kier alpha value is -1.94. The van der Waals surface area contributed by atoms with Gasteiger partial charge in [-0.15, -0.1) is 0 Å². The Morgan fingerprint density at radius 1 is 0.226 bits per heavy atom. The van der Waals surface area contributed by atoms with Crippen LogP contribution in [-0.4, -0.2) is 96.7 Å². The van der Waals surface area contributed by atoms with Crippen LogP contribution in [0.3, 0.4) is 0 Å². The second-order valence-electron chi connectivity index (χ2n) is 31.3. The molecule has 0 rings (SSSR count). The molecule has 3 N–H and O–H groups in total. The maximum absolute atomic E-state index is 13.2. The summed E-state index contributed by atoms with van der Waals surface area (Å²) < 4.78 is 68.9. The first-order valence-electron chi connectivity index (χ1n) is 45.3. The van der Waals surface area contributed by atoms with Crippen molar-refractivity contribution >= 4 is 39.5 Å². The molecule has 0 saturated carbocycles. The van der Waals surface area contributed by atoms with E-state index in [0.29, 0.717) is 25.7 Å². The molecule has 0 aromatic carbocycles. The summed E-state index contributed by atoms with van der Waals surface area (Å²) in [4.78, 5) is 73.2. The lowest BCUT2D eigenvalue weighted by molar-refractivity contribution is -0.161. The van der Waals surface area contributed by atoms with Gasteiger partial charge in [0.15, 0.2) is 12.2 Å². The van der Waals surface area contributed by atoms with Gasteiger partial charge >= 0.3 is 39.5 Å². The SMILES string of the molecule is CCCCCCCCCCCCCCCCCCCCCCCC(=O)OC[C@H](COP(=O)(O)OC[C@@H](O)COP(=O)(O)OC[C@@H](COC(=O)CCCCCCCCCCCCCC)OC(=O)CCCCCCCCCCCCCC)OC(=O)CCCCCCCCCCCCCCCCCCCCCCC. The first-order valence-corrected chi connectivity index (χ1v) is 48.3. The average Bonchev–Trinajstić information content (AvgIpc) is 0.902. The third kappa shape index (κ3) is 80.1. The van der Waals surface area contributed by atoms with E-state index < -0.39 is 97.5 Å². The topological polar surface area (TPSA) is 237 Å². The van der Waals surface area contributed by atoms with Gasteiger partial charge in [-0.05, 0) is 25.7 Å². The van der Waals surface area contributed by atoms with Crippen molar-refractivity contribution in [1.82, 2.24) is 0 Å². The quantitative estimate of drug-likeness (QED) is 0.0222. The smallest absolute Gasteiger partial charge is 0.462 e. The van der Waals surface area contributed by atoms with E-state index in [4.69, 9.17) is 37.0 Å². The molecular weight excluding hydrogens is 1380 g/mol. The molecule has 106 heavy (non-hydrogen) atoms. The summed E-state index contributed by atoms with van der Waals surface area (Å²) in [7, 11) is -9.92. The maximum Gasteiger partial charge on any atom is 0.472 e. The van der Waals surface area contributed by atoms with Crippen LogP contribution < -0.4 is 0 Å². The fourth-order valence-corrected chi connectivity index (χ4v) is 15.3. The summed E-state index contributed by atoms with van der Waals surface area (Å²) in [6.07, 6.45) is 76.5. The zero-order chi connectivity index (χ0) is 77.4. The second-order valence-corrected chi connectivity index (χ2v) is 34.2. The molecule has 5 atom stereocenters. The van der Waals surface area contributed by atoms with Gasteiger partial charge < -0.3 is 33.8 Å². The van der Waals surface area contributed by atoms with Crippen LogP contribution in [0.15, 0.2) is 0 Å². The molecule has 0 aliphatic rings. The predicted molar refractivity (Wildman–Crippen MR) is 437 cm³/mol. The van der Waals surface area contributed by atoms with Crippen LogP contribution in [0, 0.1) is 0 Å². The lowest BCUT2D eigenvalue weighted by Gasteiger charge is -2.21. The van der Waals surface area contributed by atoms with E-state index in [1.54, 1.807) is 0 Å². The summed E-state index contributed by atoms with van der Waals surface area (Å²) in [5.41, 5.74) is 0. The van der Waals surface area contributed by atoms with Gasteiger partial charge in [0.2, 0.25) is 0 Å². The Kier molecular flexibility index (Phi) is 79.6. The fraction of sp³-hybridized carbons (Fsp3) is 0.954. The number of hydrogen-bond acceptors (Lipinski definition) is 15. The van der Waals surface area contributed by atoms with Crippen LogP contribution in [-0.2, 0) is 65.4 Å². The Balaban J connectivity index is 5.21. The van der Waals surface area contributed by atoms with Crippen molar-refractivity contribution in [2.24, 2.45) is 0 Å². The molecule has 0 aliphatic heterocycles. The van der Waals surface area contributed by atoms with Gasteiger partial charge in [0.25, 0.3) is 0 Å². The number of unbranched alkanes of at least 4 members (excludes halogenated alkanes) is 62. The van der Waals surface area contributed by atoms with Crippen LogP contribution >= 0.6 is 15.6 Å². The average molecular weight is 1550 g/mol. The third-order valence-corrected chi connectivity index (χ3v) is 22.5. The predicted octanol–water partition coefficient (Wildman–Crippen LogP) is 26.9. The summed E-state index contributed by atoms with van der Waals surface area (Å²) in [6.45, 7) is 5.06. The van der Waals surface area contributed by atoms with Gasteiger partial charge in [0.1, 0.15) is 19.3 Å². The summed E-state index contributed by atoms with van der Waals surface area (Å²) >= 11 is 0. The van der Waals surface area contributed by atoms with E-state index in [0.717, 1.165) is 89.9 Å². The number of carbonyl (C=O) groups is 4. The number of aliphatic hydroxyl groups excluding tert-OH is 1. The monoisotopic (exact) mass is 1550 g/mol. The molecule has 0 aromatic heterocycles. The molecule has 0 aliphatic carbocycles. The lowest BCUT2D eigenvalue weighted by atomic mass is 10.0. The van der Waals surface area contributed by atoms with Crippen molar-refractivity contribution in [2.45, 2.75) is 495 Å². The molecule has 0 radical (unpaired) electrons. The standard InChI is InChI=1S/C87H170O17P2/c1-5-9-13-17-21-25-29-33-35-37-39-41-43-45-47-49-53-56-60-64-68-72-85(90)98-78-83(104-87(92)74-70-66-62-58-54-50-48-46-44-42-40-38-36-34-30-26-22-18-14-10-6-2)80-102-106(95,96)100-76-81(88)75-99-105(93,94)101-79-82(103-86(91)73-69-65-61-57-52-32-28-24-20-16-12-8-4)77-97-84(89)71-67-63-59-55-51-31-27-23-19-15-11-7-3/h81-83,88H,5-80H2,1-4H3,(H,93,94)(H,95,96)/t81-,82+,83+/m0/s1. The minimum absolute atomic E-state index is 0.108. The molecule has 0 amide bonds. The second kappa shape index (κ2) is 81.1. The third-order valence-electron chi connectivity index (χ3n) is 20.6. The van der Waals surface area contributed by atoms with Crippen LogP contribution in [0.5, 0.6) is 0 Å². The van der Waals surface area contributed by atoms with Crippen molar-refractivity contribution in [3.05, 3.63) is 0 Å². The van der Waals surface area contributed by atoms with Crippen LogP contribution in [0.4, 0.5) is 0 Å². The van der Waals surface area contributed by atoms with Gasteiger partial charge in [0.05, 0.1) is 26.4 Å². The van der Waals surface area contributed by atoms with Gasteiger partial charge in [-0.2, -0.15) is 0 Å². The zero-order valence-electron chi connectivity index (χ0n) is 69.4. The number of esters is 4. The van der Waals surface area contributed by atoms with E-state index in [1.165, 1.54) is 308 Å². The summed E-state index contributed by atoms with van der Waals surface area (Å²) in [5, 5.41) is 10.7. The number of aliphatic hydroxyl groups is 1. The molecule has 17 nitrogen and oxygen atoms in total. The molecule has 0 saturated heterocycles. The highest BCUT2D eigenvalue weighted by atomic mass is 31.2. The highest BCUT2D eigenvalue weighted by Crippen LogP contribution is 2.45. The number of ether oxygens (including phenoxy) is 4. The van der Waals surface area contributed by atoms with Crippen LogP contribution in [0.1, 0.15) is 477 Å². The number of rotatable bonds is 88. The summed E-state index contributed by atoms with van der Waals surface area (Å²) in [5.74, 6) is -2.10. The number of carbonyl (C=O) groups excluding carboxylic acids is 4. The van der Waals surface area contributed by atoms with Crippen molar-refractivity contribution in [1.29, 1.82) is 0 Å². The van der Waals surface area contributed by atoms with Gasteiger partial charge in [0, 0.05) is 25.7 Å². The van der Waals surface area contributed by atoms with E-state index in [2.05, 4.69) is 27.7 Å². The van der Waals surface area contributed by atoms with Crippen molar-refractivity contribution < 1.29 is 80.2 Å². The van der Waals surface area contributed by atoms with Crippen molar-refractivity contribution in [3.8, 4) is 0 Å². The normalized spacial score (nSPS) is 13.7. The van der Waals surface area contributed by atoms with Gasteiger partial charge in [-0.25, -0.2) is 9.13 Å². The molecule has 0 aromatic rings. The zero-order valence-corrected chi connectivity index (χ0v) is 71.2. The molecule has 2 unspecified atom stereocenters. The number of phosphoric ester groups is 2. The number of phosphoric acid groups is 2. The highest BCUT2D eigenvalue weighted by molar-refractivity contribution is 7.47. The van der Waals surface area contributed by atoms with Crippen molar-refractivity contribution in [2.75, 3.05) is 39.6 Å². The van der Waals surface area contributed by atoms with E-state index in [1.807, 2.05) is 0 Å². The molecule has 19 heteroatoms. The van der Waals surface area contributed by atoms with Crippen molar-refractivity contribution in [3.63, 3.8) is 0 Å². The first kappa shape index (κ1) is 104. The molecule has 0 bridgehead atoms.